The first-order valence-corrected chi connectivity index (χ1v) is 7.41. The minimum absolute atomic E-state index is 0.0863. The van der Waals surface area contributed by atoms with Crippen molar-refractivity contribution in [3.8, 4) is 0 Å². The van der Waals surface area contributed by atoms with Crippen LogP contribution in [0.5, 0.6) is 0 Å². The summed E-state index contributed by atoms with van der Waals surface area (Å²) in [6.45, 7) is 4.12. The molecule has 2 heterocycles. The van der Waals surface area contributed by atoms with Crippen LogP contribution in [0.4, 0.5) is 0 Å². The van der Waals surface area contributed by atoms with Gasteiger partial charge in [0.15, 0.2) is 0 Å². The van der Waals surface area contributed by atoms with Crippen LogP contribution in [0.3, 0.4) is 0 Å². The van der Waals surface area contributed by atoms with E-state index in [-0.39, 0.29) is 5.41 Å². The fourth-order valence-corrected chi connectivity index (χ4v) is 3.50. The van der Waals surface area contributed by atoms with Crippen LogP contribution < -0.4 is 5.32 Å². The van der Waals surface area contributed by atoms with Gasteiger partial charge >= 0.3 is 0 Å². The molecule has 2 nitrogen and oxygen atoms in total. The highest BCUT2D eigenvalue weighted by molar-refractivity contribution is 7.10. The smallest absolute Gasteiger partial charge is 0.145 e. The van der Waals surface area contributed by atoms with Crippen LogP contribution in [0, 0.1) is 5.41 Å². The molecule has 0 amide bonds. The third kappa shape index (κ3) is 2.96. The molecule has 1 unspecified atom stereocenters. The van der Waals surface area contributed by atoms with Crippen molar-refractivity contribution in [1.29, 1.82) is 0 Å². The van der Waals surface area contributed by atoms with Gasteiger partial charge in [0.05, 0.1) is 0 Å². The summed E-state index contributed by atoms with van der Waals surface area (Å²) in [7, 11) is 0. The number of Topliss-reactive ketones (excluding diaryl/α,β-unsaturated/α-hetero) is 1. The highest BCUT2D eigenvalue weighted by atomic mass is 32.1. The minimum atomic E-state index is -0.0863. The number of carbonyl (C=O) groups is 1. The molecule has 0 bridgehead atoms. The van der Waals surface area contributed by atoms with E-state index in [9.17, 15) is 4.79 Å². The van der Waals surface area contributed by atoms with Crippen LogP contribution in [0.2, 0.25) is 0 Å². The average molecular weight is 251 g/mol. The number of hydrogen-bond acceptors (Lipinski definition) is 3. The van der Waals surface area contributed by atoms with Gasteiger partial charge in [0, 0.05) is 23.3 Å². The molecule has 0 spiro atoms. The van der Waals surface area contributed by atoms with Gasteiger partial charge in [0.2, 0.25) is 0 Å². The third-order valence-electron chi connectivity index (χ3n) is 3.71. The van der Waals surface area contributed by atoms with E-state index in [1.54, 1.807) is 11.3 Å². The van der Waals surface area contributed by atoms with E-state index in [4.69, 9.17) is 0 Å². The molecule has 0 aliphatic carbocycles. The Morgan fingerprint density at radius 3 is 3.06 bits per heavy atom. The molecular formula is C14H21NOS. The second-order valence-corrected chi connectivity index (χ2v) is 6.02. The Labute approximate surface area is 107 Å². The van der Waals surface area contributed by atoms with E-state index in [1.807, 2.05) is 11.4 Å². The van der Waals surface area contributed by atoms with E-state index < -0.39 is 0 Å². The molecule has 2 rings (SSSR count). The predicted molar refractivity (Wildman–Crippen MR) is 72.5 cm³/mol. The number of carbonyl (C=O) groups excluding carboxylic acids is 1. The van der Waals surface area contributed by atoms with Gasteiger partial charge in [-0.1, -0.05) is 19.4 Å². The fourth-order valence-electron chi connectivity index (χ4n) is 2.80. The van der Waals surface area contributed by atoms with Crippen molar-refractivity contribution in [2.75, 3.05) is 13.1 Å². The number of thiophene rings is 1. The summed E-state index contributed by atoms with van der Waals surface area (Å²) in [5.74, 6) is 0.439. The lowest BCUT2D eigenvalue weighted by Gasteiger charge is -2.36. The minimum Gasteiger partial charge on any atom is -0.316 e. The summed E-state index contributed by atoms with van der Waals surface area (Å²) in [5.41, 5.74) is -0.0863. The molecule has 1 fully saturated rings. The molecule has 0 radical (unpaired) electrons. The Kier molecular flexibility index (Phi) is 4.35. The van der Waals surface area contributed by atoms with Crippen LogP contribution in [0.1, 0.15) is 37.5 Å². The molecule has 0 saturated carbocycles. The highest BCUT2D eigenvalue weighted by Gasteiger charge is 2.37. The topological polar surface area (TPSA) is 29.1 Å². The molecule has 3 heteroatoms. The molecule has 1 aromatic rings. The lowest BCUT2D eigenvalue weighted by Crippen LogP contribution is -2.46. The summed E-state index contributed by atoms with van der Waals surface area (Å²) >= 11 is 1.69. The average Bonchev–Trinajstić information content (AvgIpc) is 2.83. The number of hydrogen-bond donors (Lipinski definition) is 1. The number of piperidine rings is 1. The second kappa shape index (κ2) is 5.78. The first-order chi connectivity index (χ1) is 8.27. The summed E-state index contributed by atoms with van der Waals surface area (Å²) in [6, 6.07) is 4.09. The normalized spacial score (nSPS) is 24.8. The largest absolute Gasteiger partial charge is 0.316 e. The maximum Gasteiger partial charge on any atom is 0.145 e. The quantitative estimate of drug-likeness (QED) is 0.871. The third-order valence-corrected chi connectivity index (χ3v) is 4.58. The van der Waals surface area contributed by atoms with E-state index in [0.29, 0.717) is 12.2 Å². The highest BCUT2D eigenvalue weighted by Crippen LogP contribution is 2.34. The maximum absolute atomic E-state index is 12.5. The van der Waals surface area contributed by atoms with Crippen molar-refractivity contribution < 1.29 is 4.79 Å². The molecule has 1 saturated heterocycles. The molecule has 1 aromatic heterocycles. The summed E-state index contributed by atoms with van der Waals surface area (Å²) in [6.07, 6.45) is 4.95. The molecular weight excluding hydrogens is 230 g/mol. The Bertz CT molecular complexity index is 347. The molecule has 1 aliphatic heterocycles. The molecule has 94 valence electrons. The molecule has 1 N–H and O–H groups in total. The van der Waals surface area contributed by atoms with Gasteiger partial charge in [-0.2, -0.15) is 0 Å². The van der Waals surface area contributed by atoms with Gasteiger partial charge in [-0.3, -0.25) is 4.79 Å². The maximum atomic E-state index is 12.5. The van der Waals surface area contributed by atoms with Gasteiger partial charge in [0.1, 0.15) is 5.78 Å². The standard InChI is InChI=1S/C14H21NOS/c1-2-6-14(7-4-8-15-11-14)13(16)10-12-5-3-9-17-12/h3,5,9,15H,2,4,6-8,10-11H2,1H3. The Morgan fingerprint density at radius 1 is 1.59 bits per heavy atom. The van der Waals surface area contributed by atoms with Gasteiger partial charge in [0.25, 0.3) is 0 Å². The van der Waals surface area contributed by atoms with Gasteiger partial charge < -0.3 is 5.32 Å². The predicted octanol–water partition coefficient (Wildman–Crippen LogP) is 3.03. The van der Waals surface area contributed by atoms with E-state index in [1.165, 1.54) is 4.88 Å². The SMILES string of the molecule is CCCC1(C(=O)Cc2cccs2)CCCNC1. The van der Waals surface area contributed by atoms with Crippen molar-refractivity contribution in [3.05, 3.63) is 22.4 Å². The van der Waals surface area contributed by atoms with Crippen molar-refractivity contribution in [3.63, 3.8) is 0 Å². The van der Waals surface area contributed by atoms with Crippen LogP contribution >= 0.6 is 11.3 Å². The van der Waals surface area contributed by atoms with Crippen molar-refractivity contribution in [2.45, 2.75) is 39.0 Å². The molecule has 0 aromatic carbocycles. The number of rotatable bonds is 5. The van der Waals surface area contributed by atoms with Gasteiger partial charge in [-0.25, -0.2) is 0 Å². The van der Waals surface area contributed by atoms with Crippen LogP contribution in [0.25, 0.3) is 0 Å². The van der Waals surface area contributed by atoms with Gasteiger partial charge in [-0.15, -0.1) is 11.3 Å². The van der Waals surface area contributed by atoms with Gasteiger partial charge in [-0.05, 0) is 37.3 Å². The van der Waals surface area contributed by atoms with E-state index in [0.717, 1.165) is 38.8 Å². The Balaban J connectivity index is 2.06. The first kappa shape index (κ1) is 12.8. The number of ketones is 1. The zero-order chi connectivity index (χ0) is 12.1. The van der Waals surface area contributed by atoms with Crippen LogP contribution in [-0.4, -0.2) is 18.9 Å². The lowest BCUT2D eigenvalue weighted by molar-refractivity contribution is -0.129. The van der Waals surface area contributed by atoms with E-state index >= 15 is 0 Å². The monoisotopic (exact) mass is 251 g/mol. The molecule has 17 heavy (non-hydrogen) atoms. The summed E-state index contributed by atoms with van der Waals surface area (Å²) in [5, 5.41) is 5.45. The second-order valence-electron chi connectivity index (χ2n) is 4.99. The zero-order valence-electron chi connectivity index (χ0n) is 10.5. The Morgan fingerprint density at radius 2 is 2.47 bits per heavy atom. The molecule has 1 atom stereocenters. The van der Waals surface area contributed by atoms with Crippen LogP contribution in [-0.2, 0) is 11.2 Å². The van der Waals surface area contributed by atoms with Crippen LogP contribution in [0.15, 0.2) is 17.5 Å². The summed E-state index contributed by atoms with van der Waals surface area (Å²) < 4.78 is 0. The lowest BCUT2D eigenvalue weighted by atomic mass is 9.72. The zero-order valence-corrected chi connectivity index (χ0v) is 11.3. The molecule has 1 aliphatic rings. The summed E-state index contributed by atoms with van der Waals surface area (Å²) in [4.78, 5) is 13.7. The first-order valence-electron chi connectivity index (χ1n) is 6.53. The van der Waals surface area contributed by atoms with E-state index in [2.05, 4.69) is 18.3 Å². The Hall–Kier alpha value is -0.670. The fraction of sp³-hybridized carbons (Fsp3) is 0.643. The van der Waals surface area contributed by atoms with Crippen molar-refractivity contribution >= 4 is 17.1 Å². The number of nitrogens with one attached hydrogen (secondary N) is 1. The van der Waals surface area contributed by atoms with Crippen molar-refractivity contribution in [1.82, 2.24) is 5.32 Å². The van der Waals surface area contributed by atoms with Crippen molar-refractivity contribution in [2.24, 2.45) is 5.41 Å².